The van der Waals surface area contributed by atoms with Gasteiger partial charge in [-0.2, -0.15) is 0 Å². The van der Waals surface area contributed by atoms with Crippen molar-refractivity contribution >= 4 is 17.6 Å². The summed E-state index contributed by atoms with van der Waals surface area (Å²) >= 11 is 0. The molecule has 1 N–H and O–H groups in total. The summed E-state index contributed by atoms with van der Waals surface area (Å²) in [5.74, 6) is 0.719. The van der Waals surface area contributed by atoms with Crippen molar-refractivity contribution in [1.29, 1.82) is 0 Å². The minimum Gasteiger partial charge on any atom is -0.497 e. The van der Waals surface area contributed by atoms with E-state index in [2.05, 4.69) is 30.4 Å². The number of hydrogen-bond donors (Lipinski definition) is 1. The molecule has 3 nitrogen and oxygen atoms in total. The van der Waals surface area contributed by atoms with E-state index in [0.29, 0.717) is 5.57 Å². The molecule has 0 radical (unpaired) electrons. The van der Waals surface area contributed by atoms with Gasteiger partial charge < -0.3 is 10.1 Å². The molecule has 3 aromatic rings. The molecule has 0 bridgehead atoms. The largest absolute Gasteiger partial charge is 0.497 e. The van der Waals surface area contributed by atoms with Crippen LogP contribution in [0.15, 0.2) is 72.8 Å². The van der Waals surface area contributed by atoms with Crippen molar-refractivity contribution in [2.45, 2.75) is 38.6 Å². The van der Waals surface area contributed by atoms with Crippen LogP contribution in [0.4, 0.5) is 0 Å². The minimum atomic E-state index is -0.0766. The maximum atomic E-state index is 13.3. The van der Waals surface area contributed by atoms with E-state index in [-0.39, 0.29) is 11.9 Å². The van der Waals surface area contributed by atoms with Gasteiger partial charge in [0, 0.05) is 5.57 Å². The van der Waals surface area contributed by atoms with Gasteiger partial charge in [0.1, 0.15) is 5.75 Å². The van der Waals surface area contributed by atoms with E-state index >= 15 is 0 Å². The Bertz CT molecular complexity index is 1070. The Balaban J connectivity index is 1.59. The Hall–Kier alpha value is -3.33. The maximum absolute atomic E-state index is 13.3. The Morgan fingerprint density at radius 3 is 2.35 bits per heavy atom. The van der Waals surface area contributed by atoms with Gasteiger partial charge >= 0.3 is 0 Å². The van der Waals surface area contributed by atoms with Crippen LogP contribution in [0.2, 0.25) is 0 Å². The van der Waals surface area contributed by atoms with Crippen LogP contribution in [0, 0.1) is 0 Å². The SMILES string of the molecule is COc1ccc(/C=C(/C(=O)N[C@H](C)c2ccc3c(c2)CCCC3)c2ccccc2)cc1. The van der Waals surface area contributed by atoms with Crippen LogP contribution in [0.5, 0.6) is 5.75 Å². The lowest BCUT2D eigenvalue weighted by atomic mass is 9.89. The quantitative estimate of drug-likeness (QED) is 0.399. The van der Waals surface area contributed by atoms with E-state index < -0.39 is 0 Å². The summed E-state index contributed by atoms with van der Waals surface area (Å²) in [7, 11) is 1.65. The summed E-state index contributed by atoms with van der Waals surface area (Å²) in [5.41, 5.74) is 6.55. The molecule has 3 aromatic carbocycles. The molecular weight excluding hydrogens is 382 g/mol. The van der Waals surface area contributed by atoms with E-state index in [1.165, 1.54) is 30.4 Å². The van der Waals surface area contributed by atoms with Gasteiger partial charge in [0.15, 0.2) is 0 Å². The highest BCUT2D eigenvalue weighted by Gasteiger charge is 2.17. The van der Waals surface area contributed by atoms with Gasteiger partial charge in [0.25, 0.3) is 5.91 Å². The predicted molar refractivity (Wildman–Crippen MR) is 127 cm³/mol. The molecule has 0 aromatic heterocycles. The highest BCUT2D eigenvalue weighted by molar-refractivity contribution is 6.24. The molecule has 158 valence electrons. The molecule has 31 heavy (non-hydrogen) atoms. The van der Waals surface area contributed by atoms with Crippen LogP contribution >= 0.6 is 0 Å². The van der Waals surface area contributed by atoms with E-state index in [1.807, 2.05) is 60.7 Å². The maximum Gasteiger partial charge on any atom is 0.252 e. The van der Waals surface area contributed by atoms with Gasteiger partial charge in [-0.3, -0.25) is 4.79 Å². The fraction of sp³-hybridized carbons (Fsp3) is 0.250. The zero-order valence-electron chi connectivity index (χ0n) is 18.2. The second-order valence-electron chi connectivity index (χ2n) is 8.13. The minimum absolute atomic E-state index is 0.0669. The second kappa shape index (κ2) is 9.65. The van der Waals surface area contributed by atoms with Crippen molar-refractivity contribution in [3.05, 3.63) is 101 Å². The average molecular weight is 412 g/mol. The van der Waals surface area contributed by atoms with Crippen LogP contribution in [0.1, 0.15) is 53.6 Å². The number of rotatable bonds is 6. The zero-order chi connectivity index (χ0) is 21.6. The number of nitrogens with one attached hydrogen (secondary N) is 1. The lowest BCUT2D eigenvalue weighted by molar-refractivity contribution is -0.116. The number of amides is 1. The molecule has 0 saturated carbocycles. The first kappa shape index (κ1) is 20.9. The zero-order valence-corrected chi connectivity index (χ0v) is 18.2. The van der Waals surface area contributed by atoms with Crippen LogP contribution in [0.3, 0.4) is 0 Å². The molecule has 3 heteroatoms. The molecule has 1 atom stereocenters. The molecule has 0 saturated heterocycles. The van der Waals surface area contributed by atoms with Gasteiger partial charge in [-0.05, 0) is 78.6 Å². The van der Waals surface area contributed by atoms with Gasteiger partial charge in [0.2, 0.25) is 0 Å². The third kappa shape index (κ3) is 5.05. The topological polar surface area (TPSA) is 38.3 Å². The highest BCUT2D eigenvalue weighted by Crippen LogP contribution is 2.26. The Morgan fingerprint density at radius 2 is 1.65 bits per heavy atom. The van der Waals surface area contributed by atoms with Crippen molar-refractivity contribution < 1.29 is 9.53 Å². The molecule has 0 unspecified atom stereocenters. The summed E-state index contributed by atoms with van der Waals surface area (Å²) in [6.07, 6.45) is 6.76. The van der Waals surface area contributed by atoms with Crippen molar-refractivity contribution in [3.63, 3.8) is 0 Å². The highest BCUT2D eigenvalue weighted by atomic mass is 16.5. The molecule has 0 heterocycles. The number of aryl methyl sites for hydroxylation is 2. The monoisotopic (exact) mass is 411 g/mol. The van der Waals surface area contributed by atoms with E-state index in [0.717, 1.165) is 28.9 Å². The first-order valence-corrected chi connectivity index (χ1v) is 11.0. The standard InChI is InChI=1S/C28H29NO2/c1-20(24-15-14-22-8-6-7-11-25(22)19-24)29-28(30)27(23-9-4-3-5-10-23)18-21-12-16-26(31-2)17-13-21/h3-5,9-10,12-20H,6-8,11H2,1-2H3,(H,29,30)/b27-18+/t20-/m1/s1. The molecule has 4 rings (SSSR count). The molecule has 1 aliphatic carbocycles. The predicted octanol–water partition coefficient (Wildman–Crippen LogP) is 5.99. The number of carbonyl (C=O) groups is 1. The third-order valence-corrected chi connectivity index (χ3v) is 5.98. The smallest absolute Gasteiger partial charge is 0.252 e. The normalized spacial score (nSPS) is 14.5. The summed E-state index contributed by atoms with van der Waals surface area (Å²) < 4.78 is 5.25. The molecule has 0 fully saturated rings. The molecule has 1 aliphatic rings. The Morgan fingerprint density at radius 1 is 0.935 bits per heavy atom. The van der Waals surface area contributed by atoms with Crippen molar-refractivity contribution in [2.24, 2.45) is 0 Å². The number of hydrogen-bond acceptors (Lipinski definition) is 2. The lowest BCUT2D eigenvalue weighted by Gasteiger charge is -2.20. The summed E-state index contributed by atoms with van der Waals surface area (Å²) in [6.45, 7) is 2.05. The summed E-state index contributed by atoms with van der Waals surface area (Å²) in [4.78, 5) is 13.3. The number of fused-ring (bicyclic) bond motifs is 1. The third-order valence-electron chi connectivity index (χ3n) is 5.98. The number of benzene rings is 3. The van der Waals surface area contributed by atoms with Crippen molar-refractivity contribution in [3.8, 4) is 5.75 Å². The fourth-order valence-electron chi connectivity index (χ4n) is 4.14. The van der Waals surface area contributed by atoms with Gasteiger partial charge in [-0.1, -0.05) is 60.7 Å². The number of ether oxygens (including phenoxy) is 1. The van der Waals surface area contributed by atoms with Crippen LogP contribution in [0.25, 0.3) is 11.6 Å². The summed E-state index contributed by atoms with van der Waals surface area (Å²) in [5, 5.41) is 3.21. The Kier molecular flexibility index (Phi) is 6.51. The number of methoxy groups -OCH3 is 1. The molecular formula is C28H29NO2. The molecule has 0 aliphatic heterocycles. The first-order valence-electron chi connectivity index (χ1n) is 11.0. The second-order valence-corrected chi connectivity index (χ2v) is 8.13. The van der Waals surface area contributed by atoms with Crippen LogP contribution in [-0.2, 0) is 17.6 Å². The van der Waals surface area contributed by atoms with Crippen molar-refractivity contribution in [2.75, 3.05) is 7.11 Å². The van der Waals surface area contributed by atoms with Crippen LogP contribution in [-0.4, -0.2) is 13.0 Å². The lowest BCUT2D eigenvalue weighted by Crippen LogP contribution is -2.27. The van der Waals surface area contributed by atoms with E-state index in [4.69, 9.17) is 4.74 Å². The fourth-order valence-corrected chi connectivity index (χ4v) is 4.14. The van der Waals surface area contributed by atoms with Gasteiger partial charge in [0.05, 0.1) is 13.2 Å². The summed E-state index contributed by atoms with van der Waals surface area (Å²) in [6, 6.07) is 24.1. The number of carbonyl (C=O) groups excluding carboxylic acids is 1. The van der Waals surface area contributed by atoms with Crippen LogP contribution < -0.4 is 10.1 Å². The van der Waals surface area contributed by atoms with Crippen molar-refractivity contribution in [1.82, 2.24) is 5.32 Å². The van der Waals surface area contributed by atoms with E-state index in [9.17, 15) is 4.79 Å². The average Bonchev–Trinajstić information content (AvgIpc) is 2.83. The first-order chi connectivity index (χ1) is 15.1. The van der Waals surface area contributed by atoms with E-state index in [1.54, 1.807) is 7.11 Å². The molecule has 1 amide bonds. The van der Waals surface area contributed by atoms with Gasteiger partial charge in [-0.25, -0.2) is 0 Å². The Labute approximate surface area is 184 Å². The van der Waals surface area contributed by atoms with Gasteiger partial charge in [-0.15, -0.1) is 0 Å². The molecule has 0 spiro atoms.